The zero-order valence-corrected chi connectivity index (χ0v) is 14.9. The number of aromatic carboxylic acids is 1. The van der Waals surface area contributed by atoms with Crippen LogP contribution < -0.4 is 5.32 Å². The fraction of sp³-hybridized carbons (Fsp3) is 0.529. The minimum Gasteiger partial charge on any atom is -0.478 e. The van der Waals surface area contributed by atoms with Gasteiger partial charge >= 0.3 is 12.1 Å². The van der Waals surface area contributed by atoms with Gasteiger partial charge in [0.05, 0.1) is 5.56 Å². The maximum Gasteiger partial charge on any atom is 0.407 e. The van der Waals surface area contributed by atoms with Crippen LogP contribution in [0.25, 0.3) is 0 Å². The minimum atomic E-state index is -0.968. The lowest BCUT2D eigenvalue weighted by Crippen LogP contribution is -2.40. The second-order valence-corrected chi connectivity index (χ2v) is 7.41. The van der Waals surface area contributed by atoms with Crippen LogP contribution in [0.3, 0.4) is 0 Å². The molecule has 0 aromatic heterocycles. The van der Waals surface area contributed by atoms with Crippen LogP contribution in [-0.2, 0) is 11.3 Å². The van der Waals surface area contributed by atoms with E-state index in [0.717, 1.165) is 13.0 Å². The number of nitrogens with zero attached hydrogens (tertiary/aromatic N) is 1. The van der Waals surface area contributed by atoms with E-state index in [9.17, 15) is 14.7 Å². The number of halogens is 1. The van der Waals surface area contributed by atoms with Gasteiger partial charge in [-0.2, -0.15) is 0 Å². The van der Waals surface area contributed by atoms with Gasteiger partial charge in [0.25, 0.3) is 0 Å². The summed E-state index contributed by atoms with van der Waals surface area (Å²) in [6.07, 6.45) is 0.366. The van der Waals surface area contributed by atoms with Crippen molar-refractivity contribution in [2.45, 2.75) is 45.4 Å². The Bertz CT molecular complexity index is 628. The van der Waals surface area contributed by atoms with Crippen LogP contribution >= 0.6 is 11.6 Å². The number of ether oxygens (including phenoxy) is 1. The third kappa shape index (κ3) is 5.39. The van der Waals surface area contributed by atoms with Gasteiger partial charge in [0.2, 0.25) is 0 Å². The average Bonchev–Trinajstić information content (AvgIpc) is 2.83. The molecule has 0 aliphatic carbocycles. The van der Waals surface area contributed by atoms with Crippen LogP contribution in [0.5, 0.6) is 0 Å². The molecule has 1 fully saturated rings. The van der Waals surface area contributed by atoms with Gasteiger partial charge in [-0.3, -0.25) is 4.90 Å². The smallest absolute Gasteiger partial charge is 0.407 e. The highest BCUT2D eigenvalue weighted by atomic mass is 35.5. The predicted octanol–water partition coefficient (Wildman–Crippen LogP) is 3.14. The molecule has 1 aliphatic rings. The fourth-order valence-electron chi connectivity index (χ4n) is 2.71. The van der Waals surface area contributed by atoms with Gasteiger partial charge in [0, 0.05) is 30.7 Å². The molecule has 6 nitrogen and oxygen atoms in total. The summed E-state index contributed by atoms with van der Waals surface area (Å²) in [6, 6.07) is 4.77. The molecule has 0 spiro atoms. The van der Waals surface area contributed by atoms with Crippen molar-refractivity contribution in [1.29, 1.82) is 0 Å². The molecule has 7 heteroatoms. The zero-order valence-electron chi connectivity index (χ0n) is 14.1. The normalized spacial score (nSPS) is 18.4. The average molecular weight is 355 g/mol. The molecule has 1 heterocycles. The molecule has 1 aromatic carbocycles. The van der Waals surface area contributed by atoms with E-state index in [1.807, 2.05) is 20.8 Å². The van der Waals surface area contributed by atoms with Crippen LogP contribution in [0.15, 0.2) is 18.2 Å². The third-order valence-electron chi connectivity index (χ3n) is 3.68. The molecule has 0 bridgehead atoms. The maximum absolute atomic E-state index is 11.8. The standard InChI is InChI=1S/C17H23ClN2O4/c1-17(2,3)24-16(23)19-13-6-7-20(10-13)9-11-8-12(18)4-5-14(11)15(21)22/h4-5,8,13H,6-7,9-10H2,1-3H3,(H,19,23)(H,21,22)/t13-/m0/s1. The zero-order chi connectivity index (χ0) is 17.9. The molecule has 0 saturated carbocycles. The number of hydrogen-bond donors (Lipinski definition) is 2. The lowest BCUT2D eigenvalue weighted by molar-refractivity contribution is 0.0505. The summed E-state index contributed by atoms with van der Waals surface area (Å²) in [4.78, 5) is 25.2. The molecule has 24 heavy (non-hydrogen) atoms. The number of carbonyl (C=O) groups is 2. The fourth-order valence-corrected chi connectivity index (χ4v) is 2.91. The van der Waals surface area contributed by atoms with Crippen LogP contribution in [0, 0.1) is 0 Å². The molecule has 1 aliphatic heterocycles. The van der Waals surface area contributed by atoms with Crippen LogP contribution in [-0.4, -0.2) is 46.8 Å². The van der Waals surface area contributed by atoms with Crippen molar-refractivity contribution >= 4 is 23.7 Å². The second-order valence-electron chi connectivity index (χ2n) is 6.97. The van der Waals surface area contributed by atoms with E-state index < -0.39 is 17.7 Å². The number of carbonyl (C=O) groups excluding carboxylic acids is 1. The highest BCUT2D eigenvalue weighted by Gasteiger charge is 2.27. The van der Waals surface area contributed by atoms with Crippen molar-refractivity contribution in [3.8, 4) is 0 Å². The second kappa shape index (κ2) is 7.40. The molecular formula is C17H23ClN2O4. The number of rotatable bonds is 4. The first-order valence-electron chi connectivity index (χ1n) is 7.87. The Labute approximate surface area is 146 Å². The van der Waals surface area contributed by atoms with E-state index >= 15 is 0 Å². The Hall–Kier alpha value is -1.79. The summed E-state index contributed by atoms with van der Waals surface area (Å²) in [5.74, 6) is -0.968. The van der Waals surface area contributed by atoms with Crippen LogP contribution in [0.1, 0.15) is 43.1 Å². The van der Waals surface area contributed by atoms with Gasteiger partial charge < -0.3 is 15.2 Å². The van der Waals surface area contributed by atoms with Gasteiger partial charge in [0.15, 0.2) is 0 Å². The molecule has 0 unspecified atom stereocenters. The Kier molecular flexibility index (Phi) is 5.72. The van der Waals surface area contributed by atoms with Gasteiger partial charge in [0.1, 0.15) is 5.60 Å². The summed E-state index contributed by atoms with van der Waals surface area (Å²) < 4.78 is 5.26. The number of carboxylic acids is 1. The SMILES string of the molecule is CC(C)(C)OC(=O)N[C@H]1CCN(Cc2cc(Cl)ccc2C(=O)O)C1. The number of amides is 1. The summed E-state index contributed by atoms with van der Waals surface area (Å²) >= 11 is 5.98. The Morgan fingerprint density at radius 3 is 2.75 bits per heavy atom. The summed E-state index contributed by atoms with van der Waals surface area (Å²) in [5, 5.41) is 12.6. The summed E-state index contributed by atoms with van der Waals surface area (Å²) in [6.45, 7) is 7.35. The Morgan fingerprint density at radius 2 is 2.12 bits per heavy atom. The van der Waals surface area contributed by atoms with Crippen LogP contribution in [0.2, 0.25) is 5.02 Å². The Balaban J connectivity index is 1.94. The molecular weight excluding hydrogens is 332 g/mol. The largest absolute Gasteiger partial charge is 0.478 e. The van der Waals surface area contributed by atoms with Gasteiger partial charge in [-0.25, -0.2) is 9.59 Å². The first-order chi connectivity index (χ1) is 11.1. The number of hydrogen-bond acceptors (Lipinski definition) is 4. The molecule has 132 valence electrons. The quantitative estimate of drug-likeness (QED) is 0.868. The van der Waals surface area contributed by atoms with Gasteiger partial charge in [-0.05, 0) is 51.0 Å². The number of carboxylic acid groups (broad SMARTS) is 1. The summed E-state index contributed by atoms with van der Waals surface area (Å²) in [7, 11) is 0. The molecule has 2 N–H and O–H groups in total. The Morgan fingerprint density at radius 1 is 1.42 bits per heavy atom. The molecule has 0 radical (unpaired) electrons. The molecule has 2 rings (SSSR count). The first-order valence-corrected chi connectivity index (χ1v) is 8.25. The minimum absolute atomic E-state index is 0.00712. The van der Waals surface area contributed by atoms with E-state index in [1.54, 1.807) is 12.1 Å². The van der Waals surface area contributed by atoms with Crippen molar-refractivity contribution in [2.75, 3.05) is 13.1 Å². The number of likely N-dealkylation sites (tertiary alicyclic amines) is 1. The molecule has 1 saturated heterocycles. The third-order valence-corrected chi connectivity index (χ3v) is 3.92. The highest BCUT2D eigenvalue weighted by molar-refractivity contribution is 6.30. The van der Waals surface area contributed by atoms with E-state index in [2.05, 4.69) is 10.2 Å². The van der Waals surface area contributed by atoms with E-state index in [-0.39, 0.29) is 11.6 Å². The molecule has 1 atom stereocenters. The van der Waals surface area contributed by atoms with Crippen molar-refractivity contribution in [3.63, 3.8) is 0 Å². The van der Waals surface area contributed by atoms with E-state index in [1.165, 1.54) is 6.07 Å². The monoisotopic (exact) mass is 354 g/mol. The van der Waals surface area contributed by atoms with Crippen molar-refractivity contribution in [1.82, 2.24) is 10.2 Å². The van der Waals surface area contributed by atoms with E-state index in [4.69, 9.17) is 16.3 Å². The van der Waals surface area contributed by atoms with Crippen molar-refractivity contribution < 1.29 is 19.4 Å². The highest BCUT2D eigenvalue weighted by Crippen LogP contribution is 2.21. The predicted molar refractivity (Wildman–Crippen MR) is 91.5 cm³/mol. The van der Waals surface area contributed by atoms with Crippen LogP contribution in [0.4, 0.5) is 4.79 Å². The topological polar surface area (TPSA) is 78.9 Å². The molecule has 1 aromatic rings. The molecule has 1 amide bonds. The summed E-state index contributed by atoms with van der Waals surface area (Å²) in [5.41, 5.74) is 0.399. The lowest BCUT2D eigenvalue weighted by Gasteiger charge is -2.22. The van der Waals surface area contributed by atoms with Crippen molar-refractivity contribution in [3.05, 3.63) is 34.3 Å². The van der Waals surface area contributed by atoms with Gasteiger partial charge in [-0.15, -0.1) is 0 Å². The first kappa shape index (κ1) is 18.5. The maximum atomic E-state index is 11.8. The number of alkyl carbamates (subject to hydrolysis) is 1. The van der Waals surface area contributed by atoms with Crippen molar-refractivity contribution in [2.24, 2.45) is 0 Å². The van der Waals surface area contributed by atoms with E-state index in [0.29, 0.717) is 23.7 Å². The number of benzene rings is 1. The lowest BCUT2D eigenvalue weighted by atomic mass is 10.1. The number of nitrogens with one attached hydrogen (secondary N) is 1. The van der Waals surface area contributed by atoms with Gasteiger partial charge in [-0.1, -0.05) is 11.6 Å².